The normalized spacial score (nSPS) is 16.4. The molecule has 2 aromatic carbocycles. The average molecular weight is 539 g/mol. The molecule has 198 valence electrons. The number of piperazine rings is 1. The molecule has 0 atom stereocenters. The minimum Gasteiger partial charge on any atom is -0.484 e. The Kier molecular flexibility index (Phi) is 8.90. The van der Waals surface area contributed by atoms with Crippen molar-refractivity contribution in [2.45, 2.75) is 17.2 Å². The van der Waals surface area contributed by atoms with Crippen LogP contribution in [0.4, 0.5) is 26.3 Å². The van der Waals surface area contributed by atoms with Gasteiger partial charge in [-0.2, -0.15) is 30.6 Å². The maximum Gasteiger partial charge on any atom is 0.422 e. The van der Waals surface area contributed by atoms with E-state index in [9.17, 15) is 34.8 Å². The molecule has 0 aliphatic carbocycles. The van der Waals surface area contributed by atoms with Gasteiger partial charge in [0.2, 0.25) is 10.0 Å². The van der Waals surface area contributed by atoms with Crippen molar-refractivity contribution in [3.63, 3.8) is 0 Å². The molecule has 1 fully saturated rings. The Hall–Kier alpha value is -2.77. The van der Waals surface area contributed by atoms with Gasteiger partial charge in [0.05, 0.1) is 0 Å². The number of halogens is 6. The number of sulfonamides is 1. The molecule has 0 aromatic heterocycles. The van der Waals surface area contributed by atoms with E-state index in [-0.39, 0.29) is 13.1 Å². The number of benzene rings is 2. The zero-order valence-corrected chi connectivity index (χ0v) is 19.7. The van der Waals surface area contributed by atoms with Crippen LogP contribution >= 0.6 is 0 Å². The first-order chi connectivity index (χ1) is 16.8. The highest BCUT2D eigenvalue weighted by molar-refractivity contribution is 7.89. The quantitative estimate of drug-likeness (QED) is 0.438. The van der Waals surface area contributed by atoms with Crippen LogP contribution in [0, 0.1) is 0 Å². The molecule has 2 aromatic rings. The summed E-state index contributed by atoms with van der Waals surface area (Å²) in [4.78, 5) is 1.30. The highest BCUT2D eigenvalue weighted by Gasteiger charge is 2.34. The van der Waals surface area contributed by atoms with E-state index in [1.54, 1.807) is 0 Å². The molecular formula is C23H24F6N2O4S. The molecule has 0 spiro atoms. The summed E-state index contributed by atoms with van der Waals surface area (Å²) in [6.45, 7) is -2.13. The third-order valence-corrected chi connectivity index (χ3v) is 7.05. The van der Waals surface area contributed by atoms with Crippen molar-refractivity contribution in [2.24, 2.45) is 0 Å². The van der Waals surface area contributed by atoms with E-state index in [1.807, 2.05) is 47.4 Å². The van der Waals surface area contributed by atoms with E-state index in [4.69, 9.17) is 0 Å². The van der Waals surface area contributed by atoms with Gasteiger partial charge in [0.15, 0.2) is 13.2 Å². The Morgan fingerprint density at radius 2 is 1.44 bits per heavy atom. The van der Waals surface area contributed by atoms with Crippen molar-refractivity contribution in [1.29, 1.82) is 0 Å². The lowest BCUT2D eigenvalue weighted by Crippen LogP contribution is -2.48. The molecule has 1 heterocycles. The highest BCUT2D eigenvalue weighted by atomic mass is 32.2. The van der Waals surface area contributed by atoms with Crippen molar-refractivity contribution >= 4 is 16.1 Å². The van der Waals surface area contributed by atoms with Crippen molar-refractivity contribution in [3.8, 4) is 11.5 Å². The molecule has 3 rings (SSSR count). The number of hydrogen-bond acceptors (Lipinski definition) is 5. The van der Waals surface area contributed by atoms with Gasteiger partial charge in [-0.1, -0.05) is 42.5 Å². The summed E-state index contributed by atoms with van der Waals surface area (Å²) in [5.41, 5.74) is 1.01. The van der Waals surface area contributed by atoms with Crippen molar-refractivity contribution in [1.82, 2.24) is 9.21 Å². The number of ether oxygens (including phenoxy) is 2. The number of alkyl halides is 6. The molecule has 6 nitrogen and oxygen atoms in total. The molecule has 0 unspecified atom stereocenters. The van der Waals surface area contributed by atoms with Gasteiger partial charge in [0.1, 0.15) is 16.4 Å². The zero-order chi connectivity index (χ0) is 26.4. The minimum atomic E-state index is -4.74. The lowest BCUT2D eigenvalue weighted by molar-refractivity contribution is -0.154. The Bertz CT molecular complexity index is 1130. The Morgan fingerprint density at radius 1 is 0.833 bits per heavy atom. The molecule has 0 N–H and O–H groups in total. The van der Waals surface area contributed by atoms with Crippen LogP contribution in [0.25, 0.3) is 6.08 Å². The van der Waals surface area contributed by atoms with Crippen LogP contribution in [0.5, 0.6) is 11.5 Å². The standard InChI is InChI=1S/C23H24F6N2O4S/c24-22(25,26)16-34-19-8-9-20(35-17-23(27,28)29)21(15-19)36(32,33)31-13-11-30(12-14-31)10-4-7-18-5-2-1-3-6-18/h1-9,15H,10-14,16-17H2. The summed E-state index contributed by atoms with van der Waals surface area (Å²) in [6, 6.07) is 12.1. The highest BCUT2D eigenvalue weighted by Crippen LogP contribution is 2.33. The zero-order valence-electron chi connectivity index (χ0n) is 18.9. The van der Waals surface area contributed by atoms with Crippen molar-refractivity contribution in [3.05, 3.63) is 60.2 Å². The lowest BCUT2D eigenvalue weighted by atomic mass is 10.2. The lowest BCUT2D eigenvalue weighted by Gasteiger charge is -2.33. The SMILES string of the molecule is O=S(=O)(c1cc(OCC(F)(F)F)ccc1OCC(F)(F)F)N1CCN(CC=Cc2ccccc2)CC1. The van der Waals surface area contributed by atoms with Gasteiger partial charge in [-0.15, -0.1) is 0 Å². The van der Waals surface area contributed by atoms with Gasteiger partial charge >= 0.3 is 12.4 Å². The van der Waals surface area contributed by atoms with Crippen LogP contribution in [0.15, 0.2) is 59.5 Å². The molecule has 1 aliphatic heterocycles. The number of nitrogens with zero attached hydrogens (tertiary/aromatic N) is 2. The third kappa shape index (κ3) is 8.42. The fourth-order valence-corrected chi connectivity index (χ4v) is 4.99. The summed E-state index contributed by atoms with van der Waals surface area (Å²) >= 11 is 0. The predicted octanol–water partition coefficient (Wildman–Crippen LogP) is 4.59. The Balaban J connectivity index is 1.72. The molecule has 1 aliphatic rings. The second-order valence-electron chi connectivity index (χ2n) is 7.93. The van der Waals surface area contributed by atoms with Crippen LogP contribution < -0.4 is 9.47 Å². The first-order valence-electron chi connectivity index (χ1n) is 10.8. The Labute approximate surface area is 204 Å². The maximum absolute atomic E-state index is 13.2. The van der Waals surface area contributed by atoms with Gasteiger partial charge in [-0.25, -0.2) is 8.42 Å². The summed E-state index contributed by atoms with van der Waals surface area (Å²) in [5, 5.41) is 0. The van der Waals surface area contributed by atoms with E-state index < -0.39 is 52.0 Å². The largest absolute Gasteiger partial charge is 0.484 e. The van der Waals surface area contributed by atoms with Crippen molar-refractivity contribution in [2.75, 3.05) is 45.9 Å². The topological polar surface area (TPSA) is 59.1 Å². The van der Waals surface area contributed by atoms with Crippen LogP contribution in [-0.2, 0) is 10.0 Å². The average Bonchev–Trinajstić information content (AvgIpc) is 2.82. The van der Waals surface area contributed by atoms with Crippen molar-refractivity contribution < 1.29 is 44.2 Å². The smallest absolute Gasteiger partial charge is 0.422 e. The van der Waals surface area contributed by atoms with Crippen LogP contribution in [0.1, 0.15) is 5.56 Å². The van der Waals surface area contributed by atoms with E-state index in [1.165, 1.54) is 0 Å². The van der Waals surface area contributed by atoms with E-state index in [0.717, 1.165) is 28.1 Å². The number of rotatable bonds is 9. The molecule has 1 saturated heterocycles. The van der Waals surface area contributed by atoms with Gasteiger partial charge in [0.25, 0.3) is 0 Å². The summed E-state index contributed by atoms with van der Waals surface area (Å²) < 4.78 is 112. The molecule has 0 radical (unpaired) electrons. The molecule has 36 heavy (non-hydrogen) atoms. The summed E-state index contributed by atoms with van der Waals surface area (Å²) in [7, 11) is -4.39. The molecule has 13 heteroatoms. The van der Waals surface area contributed by atoms with E-state index >= 15 is 0 Å². The minimum absolute atomic E-state index is 0.0356. The van der Waals surface area contributed by atoms with E-state index in [2.05, 4.69) is 9.47 Å². The van der Waals surface area contributed by atoms with Gasteiger partial charge in [-0.3, -0.25) is 4.90 Å². The molecule has 0 saturated carbocycles. The number of hydrogen-bond donors (Lipinski definition) is 0. The van der Waals surface area contributed by atoms with Gasteiger partial charge < -0.3 is 9.47 Å². The van der Waals surface area contributed by atoms with Gasteiger partial charge in [0, 0.05) is 38.8 Å². The molecular weight excluding hydrogens is 514 g/mol. The monoisotopic (exact) mass is 538 g/mol. The predicted molar refractivity (Wildman–Crippen MR) is 120 cm³/mol. The fourth-order valence-electron chi connectivity index (χ4n) is 3.42. The molecule has 0 bridgehead atoms. The second-order valence-corrected chi connectivity index (χ2v) is 9.84. The third-order valence-electron chi connectivity index (χ3n) is 5.13. The summed E-state index contributed by atoms with van der Waals surface area (Å²) in [6.07, 6.45) is -5.56. The second kappa shape index (κ2) is 11.5. The first-order valence-corrected chi connectivity index (χ1v) is 12.2. The Morgan fingerprint density at radius 3 is 2.06 bits per heavy atom. The van der Waals surface area contributed by atoms with Gasteiger partial charge in [-0.05, 0) is 17.7 Å². The van der Waals surface area contributed by atoms with Crippen LogP contribution in [0.2, 0.25) is 0 Å². The van der Waals surface area contributed by atoms with Crippen LogP contribution in [0.3, 0.4) is 0 Å². The van der Waals surface area contributed by atoms with Crippen LogP contribution in [-0.4, -0.2) is 75.9 Å². The maximum atomic E-state index is 13.2. The van der Waals surface area contributed by atoms with E-state index in [0.29, 0.717) is 19.6 Å². The fraction of sp³-hybridized carbons (Fsp3) is 0.391. The first kappa shape index (κ1) is 27.8. The summed E-state index contributed by atoms with van der Waals surface area (Å²) in [5.74, 6) is -1.09. The molecule has 0 amide bonds.